The van der Waals surface area contributed by atoms with Crippen LogP contribution in [0.5, 0.6) is 0 Å². The van der Waals surface area contributed by atoms with Gasteiger partial charge in [-0.05, 0) is 12.1 Å². The first-order chi connectivity index (χ1) is 7.87. The highest BCUT2D eigenvalue weighted by atomic mass is 35.5. The van der Waals surface area contributed by atoms with Gasteiger partial charge >= 0.3 is 5.69 Å². The molecule has 1 aromatic rings. The van der Waals surface area contributed by atoms with Gasteiger partial charge in [0.15, 0.2) is 0 Å². The van der Waals surface area contributed by atoms with Crippen molar-refractivity contribution in [1.82, 2.24) is 0 Å². The van der Waals surface area contributed by atoms with Crippen molar-refractivity contribution in [2.24, 2.45) is 5.73 Å². The summed E-state index contributed by atoms with van der Waals surface area (Å²) >= 11 is 5.61. The molecule has 0 aliphatic heterocycles. The zero-order valence-corrected chi connectivity index (χ0v) is 9.38. The Balaban J connectivity index is 2.92. The van der Waals surface area contributed by atoms with E-state index in [1.54, 1.807) is 0 Å². The minimum atomic E-state index is -3.13. The van der Waals surface area contributed by atoms with Gasteiger partial charge in [-0.2, -0.15) is 0 Å². The largest absolute Gasteiger partial charge is 0.373 e. The smallest absolute Gasteiger partial charge is 0.310 e. The molecule has 3 N–H and O–H groups in total. The molecule has 94 valence electrons. The molecule has 0 aliphatic rings. The molecule has 1 aromatic carbocycles. The van der Waals surface area contributed by atoms with Gasteiger partial charge in [-0.25, -0.2) is 8.78 Å². The lowest BCUT2D eigenvalue weighted by Crippen LogP contribution is -2.35. The Morgan fingerprint density at radius 3 is 2.71 bits per heavy atom. The van der Waals surface area contributed by atoms with Crippen LogP contribution in [0.2, 0.25) is 5.02 Å². The number of nitro groups is 1. The summed E-state index contributed by atoms with van der Waals surface area (Å²) in [5.41, 5.74) is 4.36. The van der Waals surface area contributed by atoms with E-state index < -0.39 is 29.6 Å². The normalized spacial score (nSPS) is 11.3. The summed E-state index contributed by atoms with van der Waals surface area (Å²) in [5.74, 6) is -3.13. The maximum atomic E-state index is 12.9. The van der Waals surface area contributed by atoms with Crippen molar-refractivity contribution in [3.63, 3.8) is 0 Å². The van der Waals surface area contributed by atoms with E-state index in [2.05, 4.69) is 5.32 Å². The molecule has 0 bridgehead atoms. The average molecular weight is 266 g/mol. The maximum absolute atomic E-state index is 12.9. The lowest BCUT2D eigenvalue weighted by Gasteiger charge is -2.15. The second-order valence-electron chi connectivity index (χ2n) is 3.31. The monoisotopic (exact) mass is 265 g/mol. The lowest BCUT2D eigenvalue weighted by atomic mass is 10.2. The summed E-state index contributed by atoms with van der Waals surface area (Å²) in [6.07, 6.45) is 0. The average Bonchev–Trinajstić information content (AvgIpc) is 2.26. The standard InChI is InChI=1S/C9H10ClF2N3O2/c10-6-2-1-3-7(8(6)15(16)17)14-5-9(11,12)4-13/h1-3,14H,4-5,13H2. The minimum absolute atomic E-state index is 0.0596. The molecule has 0 aliphatic carbocycles. The van der Waals surface area contributed by atoms with E-state index in [0.29, 0.717) is 0 Å². The summed E-state index contributed by atoms with van der Waals surface area (Å²) in [6.45, 7) is -1.63. The van der Waals surface area contributed by atoms with E-state index in [4.69, 9.17) is 17.3 Å². The Hall–Kier alpha value is -1.47. The lowest BCUT2D eigenvalue weighted by molar-refractivity contribution is -0.383. The molecule has 0 radical (unpaired) electrons. The van der Waals surface area contributed by atoms with Gasteiger partial charge in [-0.15, -0.1) is 0 Å². The Morgan fingerprint density at radius 1 is 1.53 bits per heavy atom. The van der Waals surface area contributed by atoms with Gasteiger partial charge in [0.25, 0.3) is 5.92 Å². The third-order valence-corrected chi connectivity index (χ3v) is 2.31. The van der Waals surface area contributed by atoms with Crippen molar-refractivity contribution in [2.75, 3.05) is 18.4 Å². The van der Waals surface area contributed by atoms with Crippen molar-refractivity contribution < 1.29 is 13.7 Å². The number of hydrogen-bond donors (Lipinski definition) is 2. The van der Waals surface area contributed by atoms with Crippen LogP contribution in [-0.4, -0.2) is 23.9 Å². The van der Waals surface area contributed by atoms with Crippen LogP contribution in [0.3, 0.4) is 0 Å². The first-order valence-electron chi connectivity index (χ1n) is 4.62. The van der Waals surface area contributed by atoms with Crippen LogP contribution in [-0.2, 0) is 0 Å². The molecule has 0 aromatic heterocycles. The predicted octanol–water partition coefficient (Wildman–Crippen LogP) is 2.25. The second kappa shape index (κ2) is 5.24. The molecule has 8 heteroatoms. The molecule has 0 amide bonds. The van der Waals surface area contributed by atoms with Gasteiger partial charge in [-0.3, -0.25) is 10.1 Å². The molecular weight excluding hydrogens is 256 g/mol. The number of hydrogen-bond acceptors (Lipinski definition) is 4. The van der Waals surface area contributed by atoms with Gasteiger partial charge in [0.2, 0.25) is 0 Å². The number of nitro benzene ring substituents is 1. The molecule has 0 saturated carbocycles. The highest BCUT2D eigenvalue weighted by molar-refractivity contribution is 6.33. The van der Waals surface area contributed by atoms with Gasteiger partial charge in [0, 0.05) is 0 Å². The van der Waals surface area contributed by atoms with E-state index in [0.717, 1.165) is 0 Å². The molecule has 1 rings (SSSR count). The van der Waals surface area contributed by atoms with Crippen LogP contribution in [0, 0.1) is 10.1 Å². The number of alkyl halides is 2. The fraction of sp³-hybridized carbons (Fsp3) is 0.333. The molecule has 0 spiro atoms. The van der Waals surface area contributed by atoms with Crippen molar-refractivity contribution in [3.8, 4) is 0 Å². The Kier molecular flexibility index (Phi) is 4.19. The topological polar surface area (TPSA) is 81.2 Å². The second-order valence-corrected chi connectivity index (χ2v) is 3.71. The number of rotatable bonds is 5. The third kappa shape index (κ3) is 3.50. The highest BCUT2D eigenvalue weighted by Crippen LogP contribution is 2.32. The first-order valence-corrected chi connectivity index (χ1v) is 5.00. The van der Waals surface area contributed by atoms with Gasteiger partial charge in [-0.1, -0.05) is 17.7 Å². The molecular formula is C9H10ClF2N3O2. The highest BCUT2D eigenvalue weighted by Gasteiger charge is 2.28. The molecule has 0 fully saturated rings. The number of halogens is 3. The Morgan fingerprint density at radius 2 is 2.18 bits per heavy atom. The maximum Gasteiger partial charge on any atom is 0.310 e. The van der Waals surface area contributed by atoms with Crippen molar-refractivity contribution in [1.29, 1.82) is 0 Å². The SMILES string of the molecule is NCC(F)(F)CNc1cccc(Cl)c1[N+](=O)[O-]. The van der Waals surface area contributed by atoms with E-state index in [-0.39, 0.29) is 10.7 Å². The summed E-state index contributed by atoms with van der Waals surface area (Å²) in [7, 11) is 0. The fourth-order valence-electron chi connectivity index (χ4n) is 1.14. The fourth-order valence-corrected chi connectivity index (χ4v) is 1.38. The molecule has 0 atom stereocenters. The van der Waals surface area contributed by atoms with Crippen LogP contribution in [0.4, 0.5) is 20.2 Å². The van der Waals surface area contributed by atoms with E-state index in [1.807, 2.05) is 0 Å². The summed E-state index contributed by atoms with van der Waals surface area (Å²) in [4.78, 5) is 9.97. The van der Waals surface area contributed by atoms with Crippen LogP contribution < -0.4 is 11.1 Å². The quantitative estimate of drug-likeness (QED) is 0.632. The number of para-hydroxylation sites is 1. The summed E-state index contributed by atoms with van der Waals surface area (Å²) < 4.78 is 25.8. The zero-order chi connectivity index (χ0) is 13.1. The molecule has 0 heterocycles. The number of anilines is 1. The summed E-state index contributed by atoms with van der Waals surface area (Å²) in [5, 5.41) is 12.9. The van der Waals surface area contributed by atoms with Gasteiger partial charge in [0.05, 0.1) is 18.0 Å². The van der Waals surface area contributed by atoms with Crippen LogP contribution >= 0.6 is 11.6 Å². The van der Waals surface area contributed by atoms with E-state index >= 15 is 0 Å². The zero-order valence-electron chi connectivity index (χ0n) is 8.62. The Bertz CT molecular complexity index is 429. The number of nitrogens with two attached hydrogens (primary N) is 1. The Labute approximate surface area is 101 Å². The number of nitrogens with zero attached hydrogens (tertiary/aromatic N) is 1. The van der Waals surface area contributed by atoms with Crippen LogP contribution in [0.25, 0.3) is 0 Å². The van der Waals surface area contributed by atoms with Crippen LogP contribution in [0.1, 0.15) is 0 Å². The predicted molar refractivity (Wildman–Crippen MR) is 60.6 cm³/mol. The van der Waals surface area contributed by atoms with Crippen molar-refractivity contribution >= 4 is 23.0 Å². The molecule has 0 unspecified atom stereocenters. The molecule has 5 nitrogen and oxygen atoms in total. The van der Waals surface area contributed by atoms with Gasteiger partial charge in [0.1, 0.15) is 10.7 Å². The summed E-state index contributed by atoms with van der Waals surface area (Å²) in [6, 6.07) is 4.04. The van der Waals surface area contributed by atoms with Gasteiger partial charge < -0.3 is 11.1 Å². The number of benzene rings is 1. The van der Waals surface area contributed by atoms with E-state index in [9.17, 15) is 18.9 Å². The number of nitrogens with one attached hydrogen (secondary N) is 1. The van der Waals surface area contributed by atoms with Crippen molar-refractivity contribution in [3.05, 3.63) is 33.3 Å². The first kappa shape index (κ1) is 13.6. The molecule has 17 heavy (non-hydrogen) atoms. The van der Waals surface area contributed by atoms with Crippen molar-refractivity contribution in [2.45, 2.75) is 5.92 Å². The third-order valence-electron chi connectivity index (χ3n) is 2.01. The van der Waals surface area contributed by atoms with Crippen LogP contribution in [0.15, 0.2) is 18.2 Å². The minimum Gasteiger partial charge on any atom is -0.373 e. The van der Waals surface area contributed by atoms with E-state index in [1.165, 1.54) is 18.2 Å². The molecule has 0 saturated heterocycles.